The van der Waals surface area contributed by atoms with Crippen molar-refractivity contribution in [2.24, 2.45) is 0 Å². The van der Waals surface area contributed by atoms with E-state index in [0.717, 1.165) is 44.9 Å². The Kier molecular flexibility index (Phi) is 29.0. The lowest BCUT2D eigenvalue weighted by molar-refractivity contribution is -0.303. The smallest absolute Gasteiger partial charge is 0.220 e. The fraction of sp³-hybridized carbons (Fsp3) is 0.974. The van der Waals surface area contributed by atoms with Gasteiger partial charge in [-0.3, -0.25) is 4.79 Å². The van der Waals surface area contributed by atoms with E-state index in [1.165, 1.54) is 109 Å². The van der Waals surface area contributed by atoms with E-state index < -0.39 is 55.6 Å². The molecule has 0 saturated carbocycles. The van der Waals surface area contributed by atoms with Crippen molar-refractivity contribution in [3.63, 3.8) is 0 Å². The summed E-state index contributed by atoms with van der Waals surface area (Å²) >= 11 is 0. The summed E-state index contributed by atoms with van der Waals surface area (Å²) in [5, 5.41) is 64.8. The Hall–Kier alpha value is -0.850. The van der Waals surface area contributed by atoms with Crippen molar-refractivity contribution in [2.45, 2.75) is 230 Å². The number of aliphatic hydroxyl groups is 6. The molecule has 1 aliphatic heterocycles. The van der Waals surface area contributed by atoms with E-state index in [1.54, 1.807) is 0 Å². The van der Waals surface area contributed by atoms with Gasteiger partial charge in [0.05, 0.1) is 25.4 Å². The lowest BCUT2D eigenvalue weighted by Gasteiger charge is -2.40. The number of hydrogen-bond acceptors (Lipinski definition) is 9. The standard InChI is InChI=1S/C39H77NO9/c1-3-5-7-9-11-13-15-17-19-21-23-25-27-32(42)35(44)31(30-48-39-38(47)37(46)36(45)33(29-41)49-39)40-34(43)28-26-24-22-20-18-16-14-12-10-8-6-4-2/h31-33,35-39,41-42,44-47H,3-30H2,1-2H3,(H,40,43)/t31-,32+,33+,35-,36-,37-,38+,39-/m0/s1. The highest BCUT2D eigenvalue weighted by Gasteiger charge is 2.44. The highest BCUT2D eigenvalue weighted by atomic mass is 16.7. The first-order valence-electron chi connectivity index (χ1n) is 20.3. The summed E-state index contributed by atoms with van der Waals surface area (Å²) in [6, 6.07) is -0.982. The average Bonchev–Trinajstić information content (AvgIpc) is 3.10. The quantitative estimate of drug-likeness (QED) is 0.0394. The lowest BCUT2D eigenvalue weighted by atomic mass is 9.98. The number of carbonyl (C=O) groups is 1. The first-order chi connectivity index (χ1) is 23.8. The van der Waals surface area contributed by atoms with Gasteiger partial charge < -0.3 is 45.4 Å². The van der Waals surface area contributed by atoms with Crippen molar-refractivity contribution in [1.29, 1.82) is 0 Å². The molecule has 1 amide bonds. The molecule has 1 rings (SSSR count). The third kappa shape index (κ3) is 22.0. The number of ether oxygens (including phenoxy) is 2. The Morgan fingerprint density at radius 1 is 0.633 bits per heavy atom. The van der Waals surface area contributed by atoms with E-state index in [4.69, 9.17) is 9.47 Å². The van der Waals surface area contributed by atoms with Crippen LogP contribution in [0.2, 0.25) is 0 Å². The molecule has 49 heavy (non-hydrogen) atoms. The molecule has 0 bridgehead atoms. The van der Waals surface area contributed by atoms with Crippen molar-refractivity contribution in [2.75, 3.05) is 13.2 Å². The second kappa shape index (κ2) is 30.7. The minimum atomic E-state index is -1.60. The number of carbonyl (C=O) groups excluding carboxylic acids is 1. The molecular formula is C39H77NO9. The monoisotopic (exact) mass is 704 g/mol. The molecule has 1 fully saturated rings. The molecule has 0 aromatic rings. The van der Waals surface area contributed by atoms with E-state index in [1.807, 2.05) is 0 Å². The molecule has 8 atom stereocenters. The topological polar surface area (TPSA) is 169 Å². The normalized spacial score (nSPS) is 23.0. The van der Waals surface area contributed by atoms with Crippen LogP contribution in [-0.4, -0.2) is 98.7 Å². The van der Waals surface area contributed by atoms with Gasteiger partial charge in [-0.1, -0.05) is 162 Å². The minimum absolute atomic E-state index is 0.258. The van der Waals surface area contributed by atoms with E-state index >= 15 is 0 Å². The molecule has 10 nitrogen and oxygen atoms in total. The van der Waals surface area contributed by atoms with Gasteiger partial charge in [0, 0.05) is 6.42 Å². The molecule has 0 aromatic carbocycles. The van der Waals surface area contributed by atoms with E-state index in [2.05, 4.69) is 19.2 Å². The zero-order valence-corrected chi connectivity index (χ0v) is 31.3. The first-order valence-corrected chi connectivity index (χ1v) is 20.3. The van der Waals surface area contributed by atoms with Crippen molar-refractivity contribution in [3.05, 3.63) is 0 Å². The maximum Gasteiger partial charge on any atom is 0.220 e. The molecule has 0 radical (unpaired) electrons. The van der Waals surface area contributed by atoms with Gasteiger partial charge in [0.25, 0.3) is 0 Å². The Morgan fingerprint density at radius 3 is 1.51 bits per heavy atom. The van der Waals surface area contributed by atoms with E-state index in [9.17, 15) is 35.4 Å². The maximum absolute atomic E-state index is 12.9. The largest absolute Gasteiger partial charge is 0.394 e. The van der Waals surface area contributed by atoms with Gasteiger partial charge in [0.15, 0.2) is 6.29 Å². The molecule has 7 N–H and O–H groups in total. The number of unbranched alkanes of at least 4 members (excludes halogenated alkanes) is 22. The van der Waals surface area contributed by atoms with Crippen LogP contribution in [0, 0.1) is 0 Å². The van der Waals surface area contributed by atoms with Gasteiger partial charge in [-0.25, -0.2) is 0 Å². The molecule has 0 aromatic heterocycles. The molecule has 0 spiro atoms. The van der Waals surface area contributed by atoms with Crippen molar-refractivity contribution in [1.82, 2.24) is 5.32 Å². The molecule has 10 heteroatoms. The Bertz CT molecular complexity index is 758. The van der Waals surface area contributed by atoms with Gasteiger partial charge in [0.1, 0.15) is 30.5 Å². The molecule has 1 heterocycles. The summed E-state index contributed by atoms with van der Waals surface area (Å²) in [5.41, 5.74) is 0. The van der Waals surface area contributed by atoms with E-state index in [0.29, 0.717) is 6.42 Å². The van der Waals surface area contributed by atoms with Gasteiger partial charge >= 0.3 is 0 Å². The predicted octanol–water partition coefficient (Wildman–Crippen LogP) is 6.19. The van der Waals surface area contributed by atoms with Crippen molar-refractivity contribution < 1.29 is 44.9 Å². The second-order valence-corrected chi connectivity index (χ2v) is 14.6. The van der Waals surface area contributed by atoms with Crippen LogP contribution < -0.4 is 5.32 Å². The van der Waals surface area contributed by atoms with Gasteiger partial charge in [-0.2, -0.15) is 0 Å². The fourth-order valence-electron chi connectivity index (χ4n) is 6.67. The third-order valence-corrected chi connectivity index (χ3v) is 10.1. The first kappa shape index (κ1) is 46.2. The number of amides is 1. The molecular weight excluding hydrogens is 626 g/mol. The van der Waals surface area contributed by atoms with Crippen LogP contribution in [0.15, 0.2) is 0 Å². The van der Waals surface area contributed by atoms with Crippen LogP contribution in [-0.2, 0) is 14.3 Å². The Balaban J connectivity index is 2.47. The lowest BCUT2D eigenvalue weighted by Crippen LogP contribution is -2.60. The Morgan fingerprint density at radius 2 is 1.06 bits per heavy atom. The van der Waals surface area contributed by atoms with Crippen LogP contribution in [0.5, 0.6) is 0 Å². The van der Waals surface area contributed by atoms with Crippen molar-refractivity contribution >= 4 is 5.91 Å². The zero-order valence-electron chi connectivity index (χ0n) is 31.3. The number of aliphatic hydroxyl groups excluding tert-OH is 6. The number of hydrogen-bond donors (Lipinski definition) is 7. The summed E-state index contributed by atoms with van der Waals surface area (Å²) in [7, 11) is 0. The second-order valence-electron chi connectivity index (χ2n) is 14.6. The molecule has 0 aliphatic carbocycles. The van der Waals surface area contributed by atoms with Crippen molar-refractivity contribution in [3.8, 4) is 0 Å². The van der Waals surface area contributed by atoms with Crippen LogP contribution in [0.3, 0.4) is 0 Å². The Labute approximate surface area is 298 Å². The fourth-order valence-corrected chi connectivity index (χ4v) is 6.67. The summed E-state index contributed by atoms with van der Waals surface area (Å²) in [6.45, 7) is 3.58. The maximum atomic E-state index is 12.9. The summed E-state index contributed by atoms with van der Waals surface area (Å²) in [4.78, 5) is 12.9. The summed E-state index contributed by atoms with van der Waals surface area (Å²) < 4.78 is 11.1. The molecule has 1 aliphatic rings. The minimum Gasteiger partial charge on any atom is -0.394 e. The molecule has 292 valence electrons. The highest BCUT2D eigenvalue weighted by Crippen LogP contribution is 2.23. The van der Waals surface area contributed by atoms with E-state index in [-0.39, 0.29) is 18.9 Å². The molecule has 1 saturated heterocycles. The van der Waals surface area contributed by atoms with Gasteiger partial charge in [-0.05, 0) is 12.8 Å². The SMILES string of the molecule is CCCCCCCCCCCCCCC(=O)N[C@@H](CO[C@H]1O[C@H](CO)[C@H](O)[C@H](O)[C@H]1O)[C@H](O)[C@H](O)CCCCCCCCCCCCCC. The van der Waals surface area contributed by atoms with Crippen LogP contribution >= 0.6 is 0 Å². The summed E-state index contributed by atoms with van der Waals surface area (Å²) in [6.07, 6.45) is 19.7. The highest BCUT2D eigenvalue weighted by molar-refractivity contribution is 5.76. The third-order valence-electron chi connectivity index (χ3n) is 10.1. The van der Waals surface area contributed by atoms with Gasteiger partial charge in [0.2, 0.25) is 5.91 Å². The predicted molar refractivity (Wildman–Crippen MR) is 195 cm³/mol. The van der Waals surface area contributed by atoms with Gasteiger partial charge in [-0.15, -0.1) is 0 Å². The number of nitrogens with one attached hydrogen (secondary N) is 1. The van der Waals surface area contributed by atoms with Crippen LogP contribution in [0.4, 0.5) is 0 Å². The average molecular weight is 704 g/mol. The van der Waals surface area contributed by atoms with Crippen LogP contribution in [0.25, 0.3) is 0 Å². The zero-order chi connectivity index (χ0) is 36.1. The number of rotatable bonds is 33. The molecule has 0 unspecified atom stereocenters. The van der Waals surface area contributed by atoms with Crippen LogP contribution in [0.1, 0.15) is 181 Å². The summed E-state index contributed by atoms with van der Waals surface area (Å²) in [5.74, 6) is -0.258.